The smallest absolute Gasteiger partial charge is 0.331 e. The van der Waals surface area contributed by atoms with E-state index in [0.717, 1.165) is 18.3 Å². The normalized spacial score (nSPS) is 38.9. The average Bonchev–Trinajstić information content (AvgIpc) is 2.97. The number of allylic oxidation sites excluding steroid dienone is 2. The Morgan fingerprint density at radius 1 is 1.32 bits per heavy atom. The molecule has 22 heavy (non-hydrogen) atoms. The van der Waals surface area contributed by atoms with Crippen molar-refractivity contribution in [2.75, 3.05) is 0 Å². The van der Waals surface area contributed by atoms with Gasteiger partial charge in [-0.15, -0.1) is 0 Å². The molecule has 1 heterocycles. The van der Waals surface area contributed by atoms with Gasteiger partial charge in [0.05, 0.1) is 0 Å². The Balaban J connectivity index is 1.75. The highest BCUT2D eigenvalue weighted by Crippen LogP contribution is 2.60. The maximum Gasteiger partial charge on any atom is 0.331 e. The first kappa shape index (κ1) is 15.8. The molecule has 0 amide bonds. The monoisotopic (exact) mass is 302 g/mol. The Bertz CT molecular complexity index is 502. The predicted octanol–water partition coefficient (Wildman–Crippen LogP) is 4.90. The summed E-state index contributed by atoms with van der Waals surface area (Å²) < 4.78 is 5.46. The molecule has 0 saturated heterocycles. The van der Waals surface area contributed by atoms with Crippen molar-refractivity contribution in [1.82, 2.24) is 0 Å². The van der Waals surface area contributed by atoms with Crippen LogP contribution in [0.5, 0.6) is 0 Å². The van der Waals surface area contributed by atoms with E-state index < -0.39 is 0 Å². The maximum absolute atomic E-state index is 11.6. The van der Waals surface area contributed by atoms with Crippen molar-refractivity contribution in [2.24, 2.45) is 29.1 Å². The molecule has 2 aliphatic carbocycles. The van der Waals surface area contributed by atoms with Crippen molar-refractivity contribution < 1.29 is 9.53 Å². The Morgan fingerprint density at radius 2 is 2.09 bits per heavy atom. The zero-order chi connectivity index (χ0) is 15.9. The summed E-state index contributed by atoms with van der Waals surface area (Å²) >= 11 is 0. The summed E-state index contributed by atoms with van der Waals surface area (Å²) in [6.45, 7) is 9.38. The van der Waals surface area contributed by atoms with Gasteiger partial charge in [0.25, 0.3) is 0 Å². The minimum atomic E-state index is -0.113. The van der Waals surface area contributed by atoms with Gasteiger partial charge in [-0.25, -0.2) is 4.79 Å². The quantitative estimate of drug-likeness (QED) is 0.545. The van der Waals surface area contributed by atoms with Gasteiger partial charge >= 0.3 is 5.97 Å². The molecule has 0 spiro atoms. The van der Waals surface area contributed by atoms with E-state index in [1.54, 1.807) is 6.08 Å². The fraction of sp³-hybridized carbons (Fsp3) is 0.750. The molecule has 1 aliphatic heterocycles. The van der Waals surface area contributed by atoms with Gasteiger partial charge in [0.1, 0.15) is 6.10 Å². The lowest BCUT2D eigenvalue weighted by Gasteiger charge is -2.44. The molecule has 2 fully saturated rings. The average molecular weight is 302 g/mol. The highest BCUT2D eigenvalue weighted by Gasteiger charge is 2.54. The third-order valence-electron chi connectivity index (χ3n) is 6.35. The van der Waals surface area contributed by atoms with Gasteiger partial charge in [0.15, 0.2) is 0 Å². The summed E-state index contributed by atoms with van der Waals surface area (Å²) in [5.41, 5.74) is 1.65. The largest absolute Gasteiger partial charge is 0.455 e. The van der Waals surface area contributed by atoms with Gasteiger partial charge in [-0.05, 0) is 66.8 Å². The Kier molecular flexibility index (Phi) is 4.22. The van der Waals surface area contributed by atoms with Crippen LogP contribution in [0, 0.1) is 29.1 Å². The van der Waals surface area contributed by atoms with Crippen LogP contribution in [-0.4, -0.2) is 12.1 Å². The lowest BCUT2D eigenvalue weighted by molar-refractivity contribution is -0.140. The van der Waals surface area contributed by atoms with Crippen LogP contribution in [0.4, 0.5) is 0 Å². The van der Waals surface area contributed by atoms with E-state index in [1.165, 1.54) is 31.3 Å². The molecule has 122 valence electrons. The second kappa shape index (κ2) is 5.86. The van der Waals surface area contributed by atoms with E-state index >= 15 is 0 Å². The van der Waals surface area contributed by atoms with Crippen molar-refractivity contribution in [1.29, 1.82) is 0 Å². The topological polar surface area (TPSA) is 26.3 Å². The number of rotatable bonds is 4. The summed E-state index contributed by atoms with van der Waals surface area (Å²) in [4.78, 5) is 11.6. The lowest BCUT2D eigenvalue weighted by atomic mass is 9.60. The number of ether oxygens (including phenoxy) is 1. The van der Waals surface area contributed by atoms with Crippen molar-refractivity contribution >= 4 is 5.97 Å². The summed E-state index contributed by atoms with van der Waals surface area (Å²) in [7, 11) is 0. The second-order valence-electron chi connectivity index (χ2n) is 8.27. The number of carbonyl (C=O) groups is 1. The van der Waals surface area contributed by atoms with E-state index in [9.17, 15) is 4.79 Å². The molecule has 0 aromatic rings. The maximum atomic E-state index is 11.6. The zero-order valence-electron chi connectivity index (χ0n) is 14.5. The third kappa shape index (κ3) is 2.66. The predicted molar refractivity (Wildman–Crippen MR) is 89.3 cm³/mol. The third-order valence-corrected chi connectivity index (χ3v) is 6.35. The number of hydrogen-bond acceptors (Lipinski definition) is 2. The summed E-state index contributed by atoms with van der Waals surface area (Å²) in [5, 5.41) is 0. The van der Waals surface area contributed by atoms with Gasteiger partial charge < -0.3 is 4.74 Å². The molecule has 5 atom stereocenters. The fourth-order valence-electron chi connectivity index (χ4n) is 5.20. The number of esters is 1. The number of fused-ring (bicyclic) bond motifs is 3. The van der Waals surface area contributed by atoms with Crippen molar-refractivity contribution in [2.45, 2.75) is 65.9 Å². The van der Waals surface area contributed by atoms with Gasteiger partial charge in [-0.3, -0.25) is 0 Å². The van der Waals surface area contributed by atoms with Crippen LogP contribution in [-0.2, 0) is 9.53 Å². The molecular formula is C20H30O2. The summed E-state index contributed by atoms with van der Waals surface area (Å²) in [6, 6.07) is 0. The highest BCUT2D eigenvalue weighted by molar-refractivity contribution is 5.86. The van der Waals surface area contributed by atoms with Gasteiger partial charge in [-0.1, -0.05) is 39.8 Å². The molecule has 3 rings (SSSR count). The van der Waals surface area contributed by atoms with Crippen LogP contribution in [0.2, 0.25) is 0 Å². The van der Waals surface area contributed by atoms with Gasteiger partial charge in [-0.2, -0.15) is 0 Å². The van der Waals surface area contributed by atoms with Crippen LogP contribution in [0.25, 0.3) is 0 Å². The van der Waals surface area contributed by atoms with Crippen LogP contribution < -0.4 is 0 Å². The van der Waals surface area contributed by atoms with E-state index in [0.29, 0.717) is 17.3 Å². The minimum Gasteiger partial charge on any atom is -0.455 e. The first-order chi connectivity index (χ1) is 10.4. The van der Waals surface area contributed by atoms with Crippen LogP contribution in [0.15, 0.2) is 23.8 Å². The summed E-state index contributed by atoms with van der Waals surface area (Å²) in [5.74, 6) is 2.54. The van der Waals surface area contributed by atoms with Crippen LogP contribution in [0.3, 0.4) is 0 Å². The molecule has 2 nitrogen and oxygen atoms in total. The van der Waals surface area contributed by atoms with Gasteiger partial charge in [0.2, 0.25) is 0 Å². The van der Waals surface area contributed by atoms with E-state index in [1.807, 2.05) is 0 Å². The molecule has 0 radical (unpaired) electrons. The lowest BCUT2D eigenvalue weighted by Crippen LogP contribution is -2.39. The molecule has 0 aromatic heterocycles. The molecule has 0 aromatic carbocycles. The van der Waals surface area contributed by atoms with E-state index in [-0.39, 0.29) is 12.1 Å². The molecular weight excluding hydrogens is 272 g/mol. The molecule has 3 aliphatic rings. The number of carbonyl (C=O) groups excluding carboxylic acids is 1. The van der Waals surface area contributed by atoms with Crippen molar-refractivity contribution in [3.8, 4) is 0 Å². The SMILES string of the molecule is CC(C)C/C=C/[C@@H](C)[C@H]1CCC2C3=CC(=O)OC3CC[C@@]21C. The Labute approximate surface area is 135 Å². The Hall–Kier alpha value is -1.05. The van der Waals surface area contributed by atoms with Gasteiger partial charge in [0, 0.05) is 6.08 Å². The van der Waals surface area contributed by atoms with E-state index in [4.69, 9.17) is 4.74 Å². The first-order valence-corrected chi connectivity index (χ1v) is 9.00. The first-order valence-electron chi connectivity index (χ1n) is 9.00. The highest BCUT2D eigenvalue weighted by atomic mass is 16.5. The van der Waals surface area contributed by atoms with Crippen LogP contribution >= 0.6 is 0 Å². The molecule has 2 saturated carbocycles. The standard InChI is InChI=1S/C20H30O2/c1-13(2)6-5-7-14(3)16-8-9-17-15-12-19(21)22-18(15)10-11-20(16,17)4/h5,7,12-14,16-18H,6,8-11H2,1-4H3/b7-5+/t14-,16-,17?,18?,20-/m1/s1. The van der Waals surface area contributed by atoms with Crippen molar-refractivity contribution in [3.05, 3.63) is 23.8 Å². The molecule has 0 N–H and O–H groups in total. The second-order valence-corrected chi connectivity index (χ2v) is 8.27. The van der Waals surface area contributed by atoms with Crippen molar-refractivity contribution in [3.63, 3.8) is 0 Å². The number of hydrogen-bond donors (Lipinski definition) is 0. The molecule has 2 unspecified atom stereocenters. The zero-order valence-corrected chi connectivity index (χ0v) is 14.5. The fourth-order valence-corrected chi connectivity index (χ4v) is 5.20. The molecule has 0 bridgehead atoms. The van der Waals surface area contributed by atoms with E-state index in [2.05, 4.69) is 39.8 Å². The molecule has 2 heteroatoms. The van der Waals surface area contributed by atoms with Crippen LogP contribution in [0.1, 0.15) is 59.8 Å². The minimum absolute atomic E-state index is 0.0936. The summed E-state index contributed by atoms with van der Waals surface area (Å²) in [6.07, 6.45) is 12.6. The Morgan fingerprint density at radius 3 is 2.82 bits per heavy atom.